The van der Waals surface area contributed by atoms with Crippen molar-refractivity contribution in [2.24, 2.45) is 0 Å². The van der Waals surface area contributed by atoms with E-state index >= 15 is 0 Å². The Morgan fingerprint density at radius 1 is 1.43 bits per heavy atom. The second-order valence-electron chi connectivity index (χ2n) is 2.91. The average Bonchev–Trinajstić information content (AvgIpc) is 2.56. The molecule has 4 heteroatoms. The van der Waals surface area contributed by atoms with Crippen LogP contribution in [-0.4, -0.2) is 12.2 Å². The van der Waals surface area contributed by atoms with E-state index in [1.54, 1.807) is 19.2 Å². The quantitative estimate of drug-likeness (QED) is 0.829. The molecule has 0 amide bonds. The summed E-state index contributed by atoms with van der Waals surface area (Å²) < 4.78 is 18.8. The van der Waals surface area contributed by atoms with Crippen molar-refractivity contribution in [3.05, 3.63) is 28.9 Å². The largest absolute Gasteiger partial charge is 0.497 e. The lowest BCUT2D eigenvalue weighted by Crippen LogP contribution is -1.87. The molecule has 0 saturated heterocycles. The van der Waals surface area contributed by atoms with Crippen LogP contribution in [0.3, 0.4) is 0 Å². The third kappa shape index (κ3) is 1.47. The van der Waals surface area contributed by atoms with Crippen LogP contribution in [0.4, 0.5) is 4.39 Å². The predicted octanol–water partition coefficient (Wildman–Crippen LogP) is 2.54. The Labute approximate surface area is 84.6 Å². The first-order chi connectivity index (χ1) is 6.74. The zero-order valence-electron chi connectivity index (χ0n) is 7.58. The zero-order chi connectivity index (χ0) is 10.1. The summed E-state index contributed by atoms with van der Waals surface area (Å²) >= 11 is 1.05. The summed E-state index contributed by atoms with van der Waals surface area (Å²) in [6, 6.07) is 4.92. The Bertz CT molecular complexity index is 464. The molecule has 0 fully saturated rings. The first-order valence-corrected chi connectivity index (χ1v) is 4.93. The highest BCUT2D eigenvalue weighted by molar-refractivity contribution is 7.17. The van der Waals surface area contributed by atoms with Gasteiger partial charge in [0, 0.05) is 10.1 Å². The van der Waals surface area contributed by atoms with Crippen molar-refractivity contribution in [3.8, 4) is 5.75 Å². The van der Waals surface area contributed by atoms with Crippen molar-refractivity contribution in [3.63, 3.8) is 0 Å². The SMILES string of the molecule is COc1cc(CO)c2cc(F)sc2c1. The van der Waals surface area contributed by atoms with E-state index in [9.17, 15) is 4.39 Å². The molecule has 2 nitrogen and oxygen atoms in total. The van der Waals surface area contributed by atoms with Crippen LogP contribution in [0.25, 0.3) is 10.1 Å². The maximum atomic E-state index is 13.0. The van der Waals surface area contributed by atoms with Gasteiger partial charge < -0.3 is 9.84 Å². The first-order valence-electron chi connectivity index (χ1n) is 4.11. The standard InChI is InChI=1S/C10H9FO2S/c1-13-7-2-6(5-12)8-4-10(11)14-9(8)3-7/h2-4,12H,5H2,1H3. The number of thiophene rings is 1. The van der Waals surface area contributed by atoms with E-state index in [2.05, 4.69) is 0 Å². The maximum Gasteiger partial charge on any atom is 0.177 e. The highest BCUT2D eigenvalue weighted by atomic mass is 32.1. The highest BCUT2D eigenvalue weighted by Gasteiger charge is 2.07. The van der Waals surface area contributed by atoms with Crippen LogP contribution in [0.1, 0.15) is 5.56 Å². The molecular formula is C10H9FO2S. The Balaban J connectivity index is 2.72. The van der Waals surface area contributed by atoms with E-state index in [-0.39, 0.29) is 11.7 Å². The fourth-order valence-corrected chi connectivity index (χ4v) is 2.26. The number of aliphatic hydroxyl groups excluding tert-OH is 1. The lowest BCUT2D eigenvalue weighted by molar-refractivity contribution is 0.282. The number of hydrogen-bond acceptors (Lipinski definition) is 3. The van der Waals surface area contributed by atoms with Gasteiger partial charge in [0.15, 0.2) is 5.13 Å². The third-order valence-electron chi connectivity index (χ3n) is 2.07. The van der Waals surface area contributed by atoms with Crippen LogP contribution < -0.4 is 4.74 Å². The Hall–Kier alpha value is -1.13. The molecule has 0 atom stereocenters. The summed E-state index contributed by atoms with van der Waals surface area (Å²) in [5, 5.41) is 9.60. The van der Waals surface area contributed by atoms with Gasteiger partial charge >= 0.3 is 0 Å². The molecule has 2 rings (SSSR count). The van der Waals surface area contributed by atoms with E-state index in [4.69, 9.17) is 9.84 Å². The number of hydrogen-bond donors (Lipinski definition) is 1. The van der Waals surface area contributed by atoms with Gasteiger partial charge in [0.25, 0.3) is 0 Å². The van der Waals surface area contributed by atoms with Crippen LogP contribution in [-0.2, 0) is 6.61 Å². The molecule has 0 bridgehead atoms. The molecule has 0 aliphatic rings. The van der Waals surface area contributed by atoms with E-state index < -0.39 is 0 Å². The number of methoxy groups -OCH3 is 1. The van der Waals surface area contributed by atoms with E-state index in [0.29, 0.717) is 11.3 Å². The minimum atomic E-state index is -0.247. The van der Waals surface area contributed by atoms with Gasteiger partial charge in [0.05, 0.1) is 13.7 Å². The number of benzene rings is 1. The summed E-state index contributed by atoms with van der Waals surface area (Å²) in [7, 11) is 1.55. The molecule has 1 aromatic carbocycles. The van der Waals surface area contributed by atoms with Gasteiger partial charge in [0.2, 0.25) is 0 Å². The number of halogens is 1. The Morgan fingerprint density at radius 2 is 2.21 bits per heavy atom. The summed E-state index contributed by atoms with van der Waals surface area (Å²) in [5.74, 6) is 0.642. The van der Waals surface area contributed by atoms with Gasteiger partial charge in [-0.05, 0) is 23.8 Å². The van der Waals surface area contributed by atoms with Crippen molar-refractivity contribution in [1.29, 1.82) is 0 Å². The molecule has 0 aliphatic heterocycles. The maximum absolute atomic E-state index is 13.0. The van der Waals surface area contributed by atoms with Gasteiger partial charge in [-0.1, -0.05) is 0 Å². The average molecular weight is 212 g/mol. The lowest BCUT2D eigenvalue weighted by atomic mass is 10.1. The van der Waals surface area contributed by atoms with Gasteiger partial charge in [0.1, 0.15) is 5.75 Å². The molecule has 0 saturated carbocycles. The predicted molar refractivity (Wildman–Crippen MR) is 54.3 cm³/mol. The van der Waals surface area contributed by atoms with Gasteiger partial charge in [-0.2, -0.15) is 4.39 Å². The van der Waals surface area contributed by atoms with Gasteiger partial charge in [-0.3, -0.25) is 0 Å². The monoisotopic (exact) mass is 212 g/mol. The fourth-order valence-electron chi connectivity index (χ4n) is 1.40. The minimum absolute atomic E-state index is 0.107. The molecular weight excluding hydrogens is 203 g/mol. The minimum Gasteiger partial charge on any atom is -0.497 e. The summed E-state index contributed by atoms with van der Waals surface area (Å²) in [6.45, 7) is -0.107. The first kappa shape index (κ1) is 9.43. The van der Waals surface area contributed by atoms with Crippen molar-refractivity contribution < 1.29 is 14.2 Å². The molecule has 1 heterocycles. The number of ether oxygens (including phenoxy) is 1. The van der Waals surface area contributed by atoms with Crippen LogP contribution >= 0.6 is 11.3 Å². The Morgan fingerprint density at radius 3 is 2.86 bits per heavy atom. The highest BCUT2D eigenvalue weighted by Crippen LogP contribution is 2.31. The fraction of sp³-hybridized carbons (Fsp3) is 0.200. The summed E-state index contributed by atoms with van der Waals surface area (Å²) in [5.41, 5.74) is 0.694. The molecule has 0 radical (unpaired) electrons. The second kappa shape index (κ2) is 3.55. The molecule has 1 N–H and O–H groups in total. The van der Waals surface area contributed by atoms with Crippen molar-refractivity contribution >= 4 is 21.4 Å². The lowest BCUT2D eigenvalue weighted by Gasteiger charge is -2.03. The number of fused-ring (bicyclic) bond motifs is 1. The molecule has 0 unspecified atom stereocenters. The van der Waals surface area contributed by atoms with Crippen molar-refractivity contribution in [2.45, 2.75) is 6.61 Å². The van der Waals surface area contributed by atoms with Crippen molar-refractivity contribution in [2.75, 3.05) is 7.11 Å². The van der Waals surface area contributed by atoms with Crippen LogP contribution in [0.2, 0.25) is 0 Å². The van der Waals surface area contributed by atoms with E-state index in [0.717, 1.165) is 21.4 Å². The summed E-state index contributed by atoms with van der Waals surface area (Å²) in [4.78, 5) is 0. The molecule has 0 spiro atoms. The van der Waals surface area contributed by atoms with E-state index in [1.165, 1.54) is 6.07 Å². The smallest absolute Gasteiger partial charge is 0.177 e. The number of aliphatic hydroxyl groups is 1. The van der Waals surface area contributed by atoms with Gasteiger partial charge in [-0.25, -0.2) is 0 Å². The zero-order valence-corrected chi connectivity index (χ0v) is 8.40. The molecule has 14 heavy (non-hydrogen) atoms. The second-order valence-corrected chi connectivity index (χ2v) is 3.94. The van der Waals surface area contributed by atoms with E-state index in [1.807, 2.05) is 0 Å². The van der Waals surface area contributed by atoms with Gasteiger partial charge in [-0.15, -0.1) is 11.3 Å². The molecule has 1 aromatic heterocycles. The number of rotatable bonds is 2. The molecule has 74 valence electrons. The summed E-state index contributed by atoms with van der Waals surface area (Å²) in [6.07, 6.45) is 0. The molecule has 2 aromatic rings. The Kier molecular flexibility index (Phi) is 2.39. The van der Waals surface area contributed by atoms with Crippen molar-refractivity contribution in [1.82, 2.24) is 0 Å². The van der Waals surface area contributed by atoms with Crippen LogP contribution in [0.15, 0.2) is 18.2 Å². The normalized spacial score (nSPS) is 10.8. The molecule has 0 aliphatic carbocycles. The van der Waals surface area contributed by atoms with Crippen LogP contribution in [0, 0.1) is 5.13 Å². The van der Waals surface area contributed by atoms with Crippen LogP contribution in [0.5, 0.6) is 5.75 Å². The third-order valence-corrected chi connectivity index (χ3v) is 2.94. The topological polar surface area (TPSA) is 29.5 Å².